The molecule has 2 fully saturated rings. The van der Waals surface area contributed by atoms with Crippen LogP contribution in [-0.2, 0) is 11.2 Å². The lowest BCUT2D eigenvalue weighted by atomic mass is 9.72. The number of benzene rings is 1. The fourth-order valence-corrected chi connectivity index (χ4v) is 5.68. The van der Waals surface area contributed by atoms with Gasteiger partial charge in [-0.3, -0.25) is 9.69 Å². The summed E-state index contributed by atoms with van der Waals surface area (Å²) in [6.45, 7) is 4.42. The molecule has 1 aromatic heterocycles. The molecule has 6 nitrogen and oxygen atoms in total. The largest absolute Gasteiger partial charge is 0.361 e. The molecule has 3 heterocycles. The van der Waals surface area contributed by atoms with E-state index in [1.54, 1.807) is 4.90 Å². The van der Waals surface area contributed by atoms with Gasteiger partial charge < -0.3 is 14.8 Å². The molecule has 0 spiro atoms. The highest BCUT2D eigenvalue weighted by molar-refractivity contribution is 6.02. The average molecular weight is 380 g/mol. The fourth-order valence-electron chi connectivity index (χ4n) is 5.68. The number of hydrogen-bond acceptors (Lipinski definition) is 3. The van der Waals surface area contributed by atoms with Gasteiger partial charge in [0.05, 0.1) is 0 Å². The minimum absolute atomic E-state index is 0.0479. The van der Waals surface area contributed by atoms with Crippen LogP contribution in [0.5, 0.6) is 0 Å². The Morgan fingerprint density at radius 2 is 2.11 bits per heavy atom. The van der Waals surface area contributed by atoms with E-state index in [9.17, 15) is 9.59 Å². The van der Waals surface area contributed by atoms with E-state index in [1.807, 2.05) is 6.92 Å². The van der Waals surface area contributed by atoms with Gasteiger partial charge in [-0.1, -0.05) is 19.1 Å². The molecular formula is C22H28N4O2. The molecule has 148 valence electrons. The van der Waals surface area contributed by atoms with Crippen LogP contribution in [0.25, 0.3) is 10.9 Å². The van der Waals surface area contributed by atoms with Gasteiger partial charge in [0.25, 0.3) is 0 Å². The number of likely N-dealkylation sites (N-methyl/N-ethyl adjacent to an activating group) is 1. The molecule has 3 amide bonds. The van der Waals surface area contributed by atoms with Gasteiger partial charge in [-0.2, -0.15) is 0 Å². The Labute approximate surface area is 165 Å². The Morgan fingerprint density at radius 1 is 1.25 bits per heavy atom. The summed E-state index contributed by atoms with van der Waals surface area (Å²) >= 11 is 0. The van der Waals surface area contributed by atoms with E-state index in [2.05, 4.69) is 41.3 Å². The third-order valence-electron chi connectivity index (χ3n) is 6.87. The molecular weight excluding hydrogens is 352 g/mol. The van der Waals surface area contributed by atoms with Crippen molar-refractivity contribution in [2.45, 2.75) is 38.1 Å². The van der Waals surface area contributed by atoms with E-state index in [0.717, 1.165) is 25.8 Å². The number of nitrogens with one attached hydrogen (secondary N) is 1. The van der Waals surface area contributed by atoms with E-state index >= 15 is 0 Å². The predicted octanol–water partition coefficient (Wildman–Crippen LogP) is 2.80. The molecule has 2 aliphatic heterocycles. The number of likely N-dealkylation sites (tertiary alicyclic amines) is 1. The number of fused-ring (bicyclic) bond motifs is 2. The number of rotatable bonds is 4. The summed E-state index contributed by atoms with van der Waals surface area (Å²) in [6, 6.07) is 6.99. The molecule has 2 aromatic rings. The summed E-state index contributed by atoms with van der Waals surface area (Å²) in [7, 11) is 2.21. The number of imide groups is 1. The first-order valence-corrected chi connectivity index (χ1v) is 10.4. The number of nitrogens with zero attached hydrogens (tertiary/aromatic N) is 3. The monoisotopic (exact) mass is 380 g/mol. The average Bonchev–Trinajstić information content (AvgIpc) is 3.21. The summed E-state index contributed by atoms with van der Waals surface area (Å²) in [4.78, 5) is 33.9. The van der Waals surface area contributed by atoms with Gasteiger partial charge in [0, 0.05) is 48.7 Å². The van der Waals surface area contributed by atoms with E-state index in [4.69, 9.17) is 0 Å². The highest BCUT2D eigenvalue weighted by Gasteiger charge is 2.42. The van der Waals surface area contributed by atoms with E-state index in [-0.39, 0.29) is 18.5 Å². The summed E-state index contributed by atoms with van der Waals surface area (Å²) in [5, 5.41) is 1.40. The van der Waals surface area contributed by atoms with Gasteiger partial charge in [0.15, 0.2) is 0 Å². The Balaban J connectivity index is 1.38. The first-order valence-electron chi connectivity index (χ1n) is 10.4. The van der Waals surface area contributed by atoms with Crippen LogP contribution in [0.2, 0.25) is 0 Å². The Kier molecular flexibility index (Phi) is 4.19. The molecule has 0 saturated carbocycles. The summed E-state index contributed by atoms with van der Waals surface area (Å²) in [6.07, 6.45) is 5.13. The van der Waals surface area contributed by atoms with Gasteiger partial charge in [0.2, 0.25) is 5.91 Å². The van der Waals surface area contributed by atoms with Gasteiger partial charge >= 0.3 is 6.03 Å². The van der Waals surface area contributed by atoms with Crippen molar-refractivity contribution in [2.24, 2.45) is 5.92 Å². The molecule has 1 aromatic carbocycles. The van der Waals surface area contributed by atoms with Crippen molar-refractivity contribution in [3.05, 3.63) is 35.5 Å². The number of aromatic amines is 1. The number of H-pyrrole nitrogens is 1. The van der Waals surface area contributed by atoms with Gasteiger partial charge in [-0.15, -0.1) is 0 Å². The number of carbonyl (C=O) groups is 2. The van der Waals surface area contributed by atoms with Crippen molar-refractivity contribution in [3.8, 4) is 0 Å². The SMILES string of the molecule is CCCN1C(=O)CN(C[C@@H]2CC3c4cccc5[nH]cc(c45)C[C@H]3N(C)C2)C1=O. The van der Waals surface area contributed by atoms with Crippen LogP contribution in [0.4, 0.5) is 4.79 Å². The lowest BCUT2D eigenvalue weighted by molar-refractivity contribution is -0.125. The topological polar surface area (TPSA) is 59.7 Å². The second kappa shape index (κ2) is 6.62. The van der Waals surface area contributed by atoms with Crippen LogP contribution >= 0.6 is 0 Å². The zero-order valence-electron chi connectivity index (χ0n) is 16.6. The number of urea groups is 1. The normalized spacial score (nSPS) is 27.7. The van der Waals surface area contributed by atoms with Crippen LogP contribution in [0.3, 0.4) is 0 Å². The second-order valence-corrected chi connectivity index (χ2v) is 8.71. The van der Waals surface area contributed by atoms with Gasteiger partial charge in [0.1, 0.15) is 6.54 Å². The lowest BCUT2D eigenvalue weighted by Crippen LogP contribution is -2.50. The molecule has 1 unspecified atom stereocenters. The molecule has 0 bridgehead atoms. The highest BCUT2D eigenvalue weighted by Crippen LogP contribution is 2.44. The standard InChI is InChI=1S/C22H28N4O2/c1-3-7-26-20(27)13-25(22(26)28)12-14-8-17-16-5-4-6-18-21(16)15(10-23-18)9-19(17)24(2)11-14/h4-6,10,14,17,19,23H,3,7-9,11-13H2,1-2H3/t14-,17?,19-/m1/s1. The maximum Gasteiger partial charge on any atom is 0.327 e. The van der Waals surface area contributed by atoms with E-state index in [1.165, 1.54) is 26.9 Å². The van der Waals surface area contributed by atoms with Crippen molar-refractivity contribution >= 4 is 22.8 Å². The first kappa shape index (κ1) is 17.7. The zero-order chi connectivity index (χ0) is 19.4. The predicted molar refractivity (Wildman–Crippen MR) is 108 cm³/mol. The summed E-state index contributed by atoms with van der Waals surface area (Å²) < 4.78 is 0. The minimum atomic E-state index is -0.102. The summed E-state index contributed by atoms with van der Waals surface area (Å²) in [5.74, 6) is 0.824. The van der Waals surface area contributed by atoms with Crippen LogP contribution < -0.4 is 0 Å². The first-order chi connectivity index (χ1) is 13.6. The highest BCUT2D eigenvalue weighted by atomic mass is 16.2. The molecule has 1 N–H and O–H groups in total. The second-order valence-electron chi connectivity index (χ2n) is 8.71. The van der Waals surface area contributed by atoms with Crippen LogP contribution in [0, 0.1) is 5.92 Å². The quantitative estimate of drug-likeness (QED) is 0.830. The zero-order valence-corrected chi connectivity index (χ0v) is 16.6. The van der Waals surface area contributed by atoms with Crippen LogP contribution in [0.15, 0.2) is 24.4 Å². The van der Waals surface area contributed by atoms with E-state index in [0.29, 0.717) is 31.0 Å². The summed E-state index contributed by atoms with van der Waals surface area (Å²) in [5.41, 5.74) is 4.09. The molecule has 3 atom stereocenters. The molecule has 6 heteroatoms. The molecule has 5 rings (SSSR count). The number of amides is 3. The van der Waals surface area contributed by atoms with E-state index < -0.39 is 0 Å². The smallest absolute Gasteiger partial charge is 0.327 e. The molecule has 3 aliphatic rings. The molecule has 2 saturated heterocycles. The maximum absolute atomic E-state index is 12.6. The van der Waals surface area contributed by atoms with Crippen molar-refractivity contribution in [1.29, 1.82) is 0 Å². The van der Waals surface area contributed by atoms with Gasteiger partial charge in [-0.25, -0.2) is 4.79 Å². The number of hydrogen-bond donors (Lipinski definition) is 1. The Bertz CT molecular complexity index is 936. The van der Waals surface area contributed by atoms with Crippen LogP contribution in [-0.4, -0.2) is 70.9 Å². The minimum Gasteiger partial charge on any atom is -0.361 e. The third kappa shape index (κ3) is 2.65. The lowest BCUT2D eigenvalue weighted by Gasteiger charge is -2.46. The van der Waals surface area contributed by atoms with Gasteiger partial charge in [-0.05, 0) is 49.4 Å². The fraction of sp³-hybridized carbons (Fsp3) is 0.545. The van der Waals surface area contributed by atoms with Crippen molar-refractivity contribution < 1.29 is 9.59 Å². The van der Waals surface area contributed by atoms with Crippen molar-refractivity contribution in [1.82, 2.24) is 19.7 Å². The number of aromatic nitrogens is 1. The number of piperidine rings is 1. The molecule has 1 aliphatic carbocycles. The van der Waals surface area contributed by atoms with Crippen LogP contribution in [0.1, 0.15) is 36.8 Å². The molecule has 0 radical (unpaired) electrons. The third-order valence-corrected chi connectivity index (χ3v) is 6.87. The number of carbonyl (C=O) groups excluding carboxylic acids is 2. The van der Waals surface area contributed by atoms with Crippen molar-refractivity contribution in [3.63, 3.8) is 0 Å². The Hall–Kier alpha value is -2.34. The molecule has 28 heavy (non-hydrogen) atoms. The maximum atomic E-state index is 12.6. The Morgan fingerprint density at radius 3 is 2.93 bits per heavy atom. The van der Waals surface area contributed by atoms with Crippen molar-refractivity contribution in [2.75, 3.05) is 33.2 Å².